The minimum atomic E-state index is 0. The normalized spacial score (nSPS) is 23.4. The van der Waals surface area contributed by atoms with Gasteiger partial charge in [-0.15, -0.1) is 12.4 Å². The Bertz CT molecular complexity index is 422. The van der Waals surface area contributed by atoms with Gasteiger partial charge in [-0.05, 0) is 32.4 Å². The molecule has 2 unspecified atom stereocenters. The van der Waals surface area contributed by atoms with Crippen molar-refractivity contribution in [3.63, 3.8) is 0 Å². The van der Waals surface area contributed by atoms with Crippen LogP contribution in [0.2, 0.25) is 0 Å². The van der Waals surface area contributed by atoms with Gasteiger partial charge in [-0.25, -0.2) is 0 Å². The molecule has 1 aromatic rings. The summed E-state index contributed by atoms with van der Waals surface area (Å²) in [6.45, 7) is 7.86. The third-order valence-electron chi connectivity index (χ3n) is 3.40. The summed E-state index contributed by atoms with van der Waals surface area (Å²) in [5, 5.41) is 3.39. The molecule has 0 aliphatic carbocycles. The third-order valence-corrected chi connectivity index (χ3v) is 3.40. The van der Waals surface area contributed by atoms with E-state index in [1.807, 2.05) is 36.1 Å². The Balaban J connectivity index is 0.00000162. The Morgan fingerprint density at radius 3 is 2.67 bits per heavy atom. The number of piperazine rings is 1. The first kappa shape index (κ1) is 15.0. The smallest absolute Gasteiger partial charge is 0.254 e. The number of hydrogen-bond donors (Lipinski definition) is 1. The Hall–Kier alpha value is -1.06. The van der Waals surface area contributed by atoms with Crippen LogP contribution in [0.4, 0.5) is 0 Å². The van der Waals surface area contributed by atoms with Gasteiger partial charge in [-0.1, -0.05) is 18.2 Å². The van der Waals surface area contributed by atoms with E-state index in [1.54, 1.807) is 0 Å². The van der Waals surface area contributed by atoms with Gasteiger partial charge in [0.2, 0.25) is 0 Å². The highest BCUT2D eigenvalue weighted by Gasteiger charge is 2.27. The molecular formula is C14H21ClN2O. The van der Waals surface area contributed by atoms with Crippen molar-refractivity contribution in [2.75, 3.05) is 13.1 Å². The highest BCUT2D eigenvalue weighted by atomic mass is 35.5. The van der Waals surface area contributed by atoms with E-state index in [-0.39, 0.29) is 24.4 Å². The number of nitrogens with zero attached hydrogens (tertiary/aromatic N) is 1. The van der Waals surface area contributed by atoms with Gasteiger partial charge in [0.1, 0.15) is 0 Å². The van der Waals surface area contributed by atoms with Crippen molar-refractivity contribution < 1.29 is 4.79 Å². The van der Waals surface area contributed by atoms with E-state index in [2.05, 4.69) is 19.2 Å². The van der Waals surface area contributed by atoms with Crippen molar-refractivity contribution in [2.24, 2.45) is 0 Å². The molecule has 1 saturated heterocycles. The predicted octanol–water partition coefficient (Wildman–Crippen LogP) is 2.24. The Morgan fingerprint density at radius 1 is 1.33 bits per heavy atom. The second-order valence-electron chi connectivity index (χ2n) is 4.93. The molecule has 1 aliphatic heterocycles. The second-order valence-corrected chi connectivity index (χ2v) is 4.93. The summed E-state index contributed by atoms with van der Waals surface area (Å²) in [6.07, 6.45) is 0. The molecule has 2 rings (SSSR count). The lowest BCUT2D eigenvalue weighted by Crippen LogP contribution is -2.56. The van der Waals surface area contributed by atoms with Crippen LogP contribution in [0.25, 0.3) is 0 Å². The number of halogens is 1. The van der Waals surface area contributed by atoms with Crippen LogP contribution in [0.3, 0.4) is 0 Å². The topological polar surface area (TPSA) is 32.3 Å². The SMILES string of the molecule is Cc1ccccc1C(=O)N1CC(C)NCC1C.Cl. The van der Waals surface area contributed by atoms with Crippen molar-refractivity contribution in [1.29, 1.82) is 0 Å². The molecule has 1 aromatic carbocycles. The second kappa shape index (κ2) is 6.21. The molecule has 1 N–H and O–H groups in total. The number of aryl methyl sites for hydroxylation is 1. The minimum absolute atomic E-state index is 0. The van der Waals surface area contributed by atoms with E-state index >= 15 is 0 Å². The van der Waals surface area contributed by atoms with E-state index in [9.17, 15) is 4.79 Å². The molecule has 2 atom stereocenters. The minimum Gasteiger partial charge on any atom is -0.333 e. The lowest BCUT2D eigenvalue weighted by molar-refractivity contribution is 0.0615. The van der Waals surface area contributed by atoms with Crippen LogP contribution in [0, 0.1) is 6.92 Å². The third kappa shape index (κ3) is 3.03. The van der Waals surface area contributed by atoms with Crippen LogP contribution in [0.15, 0.2) is 24.3 Å². The van der Waals surface area contributed by atoms with Gasteiger partial charge >= 0.3 is 0 Å². The number of carbonyl (C=O) groups excluding carboxylic acids is 1. The van der Waals surface area contributed by atoms with Gasteiger partial charge < -0.3 is 10.2 Å². The summed E-state index contributed by atoms with van der Waals surface area (Å²) < 4.78 is 0. The van der Waals surface area contributed by atoms with Gasteiger partial charge in [0.05, 0.1) is 0 Å². The summed E-state index contributed by atoms with van der Waals surface area (Å²) in [5.74, 6) is 0.156. The van der Waals surface area contributed by atoms with Crippen LogP contribution in [0.5, 0.6) is 0 Å². The standard InChI is InChI=1S/C14H20N2O.ClH/c1-10-6-4-5-7-13(10)14(17)16-9-11(2)15-8-12(16)3;/h4-7,11-12,15H,8-9H2,1-3H3;1H. The highest BCUT2D eigenvalue weighted by Crippen LogP contribution is 2.15. The Labute approximate surface area is 115 Å². The largest absolute Gasteiger partial charge is 0.333 e. The van der Waals surface area contributed by atoms with Crippen LogP contribution >= 0.6 is 12.4 Å². The zero-order chi connectivity index (χ0) is 12.4. The van der Waals surface area contributed by atoms with Gasteiger partial charge in [0, 0.05) is 30.7 Å². The highest BCUT2D eigenvalue weighted by molar-refractivity contribution is 5.95. The van der Waals surface area contributed by atoms with Crippen molar-refractivity contribution in [3.05, 3.63) is 35.4 Å². The predicted molar refractivity (Wildman–Crippen MR) is 76.4 cm³/mol. The van der Waals surface area contributed by atoms with Gasteiger partial charge in [-0.2, -0.15) is 0 Å². The number of rotatable bonds is 1. The lowest BCUT2D eigenvalue weighted by atomic mass is 10.0. The molecule has 0 saturated carbocycles. The van der Waals surface area contributed by atoms with Gasteiger partial charge in [0.25, 0.3) is 5.91 Å². The van der Waals surface area contributed by atoms with Crippen molar-refractivity contribution in [3.8, 4) is 0 Å². The van der Waals surface area contributed by atoms with Crippen LogP contribution in [-0.2, 0) is 0 Å². The molecule has 1 amide bonds. The first-order valence-electron chi connectivity index (χ1n) is 6.19. The number of hydrogen-bond acceptors (Lipinski definition) is 2. The summed E-state index contributed by atoms with van der Waals surface area (Å²) in [6, 6.07) is 8.44. The van der Waals surface area contributed by atoms with E-state index in [0.717, 1.165) is 24.2 Å². The fraction of sp³-hybridized carbons (Fsp3) is 0.500. The first-order chi connectivity index (χ1) is 8.09. The van der Waals surface area contributed by atoms with E-state index in [0.29, 0.717) is 6.04 Å². The fourth-order valence-corrected chi connectivity index (χ4v) is 2.27. The average molecular weight is 269 g/mol. The maximum atomic E-state index is 12.5. The molecular weight excluding hydrogens is 248 g/mol. The molecule has 100 valence electrons. The maximum Gasteiger partial charge on any atom is 0.254 e. The van der Waals surface area contributed by atoms with E-state index in [1.165, 1.54) is 0 Å². The molecule has 1 aliphatic rings. The molecule has 0 spiro atoms. The molecule has 0 radical (unpaired) electrons. The molecule has 4 heteroatoms. The Morgan fingerprint density at radius 2 is 2.00 bits per heavy atom. The molecule has 3 nitrogen and oxygen atoms in total. The molecule has 0 bridgehead atoms. The quantitative estimate of drug-likeness (QED) is 0.847. The van der Waals surface area contributed by atoms with Crippen LogP contribution in [0.1, 0.15) is 29.8 Å². The maximum absolute atomic E-state index is 12.5. The molecule has 1 fully saturated rings. The molecule has 18 heavy (non-hydrogen) atoms. The number of benzene rings is 1. The van der Waals surface area contributed by atoms with E-state index in [4.69, 9.17) is 0 Å². The summed E-state index contributed by atoms with van der Waals surface area (Å²) >= 11 is 0. The Kier molecular flexibility index (Phi) is 5.17. The monoisotopic (exact) mass is 268 g/mol. The fourth-order valence-electron chi connectivity index (χ4n) is 2.27. The zero-order valence-electron chi connectivity index (χ0n) is 11.1. The molecule has 0 aromatic heterocycles. The first-order valence-corrected chi connectivity index (χ1v) is 6.19. The summed E-state index contributed by atoms with van der Waals surface area (Å²) in [7, 11) is 0. The molecule has 1 heterocycles. The number of amides is 1. The van der Waals surface area contributed by atoms with Gasteiger partial charge in [-0.3, -0.25) is 4.79 Å². The van der Waals surface area contributed by atoms with Gasteiger partial charge in [0.15, 0.2) is 0 Å². The van der Waals surface area contributed by atoms with Crippen LogP contribution < -0.4 is 5.32 Å². The summed E-state index contributed by atoms with van der Waals surface area (Å²) in [4.78, 5) is 14.5. The summed E-state index contributed by atoms with van der Waals surface area (Å²) in [5.41, 5.74) is 1.88. The van der Waals surface area contributed by atoms with Crippen molar-refractivity contribution in [1.82, 2.24) is 10.2 Å². The van der Waals surface area contributed by atoms with Crippen molar-refractivity contribution in [2.45, 2.75) is 32.9 Å². The van der Waals surface area contributed by atoms with Crippen LogP contribution in [-0.4, -0.2) is 36.0 Å². The number of nitrogens with one attached hydrogen (secondary N) is 1. The lowest BCUT2D eigenvalue weighted by Gasteiger charge is -2.37. The average Bonchev–Trinajstić information content (AvgIpc) is 2.32. The number of carbonyl (C=O) groups is 1. The van der Waals surface area contributed by atoms with Crippen molar-refractivity contribution >= 4 is 18.3 Å². The zero-order valence-corrected chi connectivity index (χ0v) is 12.0. The van der Waals surface area contributed by atoms with E-state index < -0.39 is 0 Å².